The van der Waals surface area contributed by atoms with Crippen LogP contribution in [0.4, 0.5) is 35.0 Å². The standard InChI is InChI=1S/C23H14Cl2F4N6O/c24-16-2-1-3-17(26)21(16)18-10-20(32-14-6-9-19(25)30-12-14)34-22(33-18)35-31-11-13-4-7-15(8-5-13)36-23(27,28)29/h1-12H,(H2,32,33,34,35). The maximum Gasteiger partial charge on any atom is 0.573 e. The zero-order chi connectivity index (χ0) is 25.7. The number of aromatic nitrogens is 3. The largest absolute Gasteiger partial charge is 0.573 e. The van der Waals surface area contributed by atoms with Crippen molar-refractivity contribution >= 4 is 46.9 Å². The van der Waals surface area contributed by atoms with Gasteiger partial charge in [-0.1, -0.05) is 29.3 Å². The second-order valence-electron chi connectivity index (χ2n) is 7.04. The van der Waals surface area contributed by atoms with Crippen molar-refractivity contribution in [3.05, 3.63) is 88.4 Å². The second-order valence-corrected chi connectivity index (χ2v) is 7.83. The summed E-state index contributed by atoms with van der Waals surface area (Å²) in [5.41, 5.74) is 3.88. The number of ether oxygens (including phenoxy) is 1. The van der Waals surface area contributed by atoms with Gasteiger partial charge in [0.1, 0.15) is 22.5 Å². The minimum atomic E-state index is -4.78. The number of hydrogen-bond acceptors (Lipinski definition) is 7. The molecule has 0 spiro atoms. The number of rotatable bonds is 7. The third-order valence-corrected chi connectivity index (χ3v) is 4.98. The molecule has 36 heavy (non-hydrogen) atoms. The number of benzene rings is 2. The Morgan fingerprint density at radius 1 is 0.972 bits per heavy atom. The van der Waals surface area contributed by atoms with Gasteiger partial charge in [0, 0.05) is 6.07 Å². The van der Waals surface area contributed by atoms with Gasteiger partial charge in [-0.2, -0.15) is 10.1 Å². The molecule has 0 amide bonds. The molecule has 184 valence electrons. The van der Waals surface area contributed by atoms with Crippen LogP contribution in [0.1, 0.15) is 5.56 Å². The van der Waals surface area contributed by atoms with E-state index in [4.69, 9.17) is 23.2 Å². The van der Waals surface area contributed by atoms with E-state index in [1.54, 1.807) is 12.1 Å². The Morgan fingerprint density at radius 3 is 2.42 bits per heavy atom. The van der Waals surface area contributed by atoms with E-state index in [9.17, 15) is 17.6 Å². The molecule has 4 aromatic rings. The van der Waals surface area contributed by atoms with Crippen molar-refractivity contribution in [3.63, 3.8) is 0 Å². The van der Waals surface area contributed by atoms with Gasteiger partial charge in [0.05, 0.1) is 34.4 Å². The molecule has 0 radical (unpaired) electrons. The fraction of sp³-hybridized carbons (Fsp3) is 0.0435. The Bertz CT molecular complexity index is 1360. The SMILES string of the molecule is Fc1cccc(Cl)c1-c1cc(Nc2ccc(Cl)nc2)nc(NN=Cc2ccc(OC(F)(F)F)cc2)n1. The molecule has 2 aromatic carbocycles. The normalized spacial score (nSPS) is 11.5. The van der Waals surface area contributed by atoms with Gasteiger partial charge in [0.25, 0.3) is 0 Å². The van der Waals surface area contributed by atoms with Crippen molar-refractivity contribution in [2.75, 3.05) is 10.7 Å². The number of nitrogens with zero attached hydrogens (tertiary/aromatic N) is 4. The van der Waals surface area contributed by atoms with E-state index in [-0.39, 0.29) is 33.8 Å². The van der Waals surface area contributed by atoms with E-state index in [1.807, 2.05) is 0 Å². The molecular formula is C23H14Cl2F4N6O. The molecule has 2 heterocycles. The number of pyridine rings is 1. The molecule has 0 aliphatic heterocycles. The number of anilines is 3. The summed E-state index contributed by atoms with van der Waals surface area (Å²) in [4.78, 5) is 12.6. The fourth-order valence-electron chi connectivity index (χ4n) is 2.95. The number of alkyl halides is 3. The lowest BCUT2D eigenvalue weighted by atomic mass is 10.1. The highest BCUT2D eigenvalue weighted by Gasteiger charge is 2.30. The number of hydrazone groups is 1. The summed E-state index contributed by atoms with van der Waals surface area (Å²) >= 11 is 12.0. The third-order valence-electron chi connectivity index (χ3n) is 4.44. The third kappa shape index (κ3) is 6.80. The van der Waals surface area contributed by atoms with E-state index in [2.05, 4.69) is 35.5 Å². The van der Waals surface area contributed by atoms with Crippen LogP contribution >= 0.6 is 23.2 Å². The van der Waals surface area contributed by atoms with Crippen molar-refractivity contribution in [1.82, 2.24) is 15.0 Å². The van der Waals surface area contributed by atoms with Crippen molar-refractivity contribution in [2.45, 2.75) is 6.36 Å². The molecule has 0 fully saturated rings. The molecular weight excluding hydrogens is 523 g/mol. The molecule has 0 aliphatic rings. The molecule has 0 aliphatic carbocycles. The van der Waals surface area contributed by atoms with Crippen molar-refractivity contribution < 1.29 is 22.3 Å². The van der Waals surface area contributed by atoms with Gasteiger partial charge in [0.15, 0.2) is 0 Å². The predicted molar refractivity (Wildman–Crippen MR) is 129 cm³/mol. The summed E-state index contributed by atoms with van der Waals surface area (Å²) in [6.07, 6.45) is -1.97. The Morgan fingerprint density at radius 2 is 1.75 bits per heavy atom. The highest BCUT2D eigenvalue weighted by Crippen LogP contribution is 2.31. The van der Waals surface area contributed by atoms with Gasteiger partial charge in [0.2, 0.25) is 5.95 Å². The Labute approximate surface area is 211 Å². The first kappa shape index (κ1) is 25.1. The van der Waals surface area contributed by atoms with Gasteiger partial charge in [-0.25, -0.2) is 19.8 Å². The number of hydrogen-bond donors (Lipinski definition) is 2. The molecule has 0 saturated heterocycles. The average molecular weight is 537 g/mol. The van der Waals surface area contributed by atoms with Gasteiger partial charge in [-0.3, -0.25) is 0 Å². The van der Waals surface area contributed by atoms with E-state index < -0.39 is 12.2 Å². The van der Waals surface area contributed by atoms with Gasteiger partial charge in [-0.05, 0) is 54.1 Å². The summed E-state index contributed by atoms with van der Waals surface area (Å²) in [6, 6.07) is 14.0. The molecule has 0 bridgehead atoms. The summed E-state index contributed by atoms with van der Waals surface area (Å²) < 4.78 is 55.3. The molecule has 0 atom stereocenters. The molecule has 2 N–H and O–H groups in total. The van der Waals surface area contributed by atoms with Gasteiger partial charge >= 0.3 is 6.36 Å². The maximum absolute atomic E-state index is 14.6. The average Bonchev–Trinajstić information content (AvgIpc) is 2.81. The molecule has 0 unspecified atom stereocenters. The Kier molecular flexibility index (Phi) is 7.51. The lowest BCUT2D eigenvalue weighted by molar-refractivity contribution is -0.274. The molecule has 2 aromatic heterocycles. The first-order chi connectivity index (χ1) is 17.2. The van der Waals surface area contributed by atoms with Crippen LogP contribution in [0, 0.1) is 5.82 Å². The molecule has 13 heteroatoms. The number of nitrogens with one attached hydrogen (secondary N) is 2. The smallest absolute Gasteiger partial charge is 0.406 e. The van der Waals surface area contributed by atoms with E-state index >= 15 is 0 Å². The lowest BCUT2D eigenvalue weighted by Gasteiger charge is -2.11. The predicted octanol–water partition coefficient (Wildman–Crippen LogP) is 7.07. The zero-order valence-corrected chi connectivity index (χ0v) is 19.4. The van der Waals surface area contributed by atoms with E-state index in [0.717, 1.165) is 12.1 Å². The van der Waals surface area contributed by atoms with Gasteiger partial charge in [-0.15, -0.1) is 13.2 Å². The van der Waals surface area contributed by atoms with Crippen LogP contribution in [0.25, 0.3) is 11.3 Å². The van der Waals surface area contributed by atoms with E-state index in [1.165, 1.54) is 48.8 Å². The summed E-state index contributed by atoms with van der Waals surface area (Å²) in [6.45, 7) is 0. The maximum atomic E-state index is 14.6. The summed E-state index contributed by atoms with van der Waals surface area (Å²) in [5.74, 6) is -0.687. The summed E-state index contributed by atoms with van der Waals surface area (Å²) in [5, 5.41) is 7.47. The van der Waals surface area contributed by atoms with E-state index in [0.29, 0.717) is 16.4 Å². The van der Waals surface area contributed by atoms with Gasteiger partial charge < -0.3 is 10.1 Å². The van der Waals surface area contributed by atoms with Crippen LogP contribution in [0.5, 0.6) is 5.75 Å². The highest BCUT2D eigenvalue weighted by molar-refractivity contribution is 6.33. The fourth-order valence-corrected chi connectivity index (χ4v) is 3.32. The van der Waals surface area contributed by atoms with Crippen LogP contribution < -0.4 is 15.5 Å². The molecule has 4 rings (SSSR count). The minimum absolute atomic E-state index is 0.00971. The monoisotopic (exact) mass is 536 g/mol. The topological polar surface area (TPSA) is 84.3 Å². The highest BCUT2D eigenvalue weighted by atomic mass is 35.5. The van der Waals surface area contributed by atoms with Crippen LogP contribution in [0.3, 0.4) is 0 Å². The summed E-state index contributed by atoms with van der Waals surface area (Å²) in [7, 11) is 0. The van der Waals surface area contributed by atoms with Crippen LogP contribution in [-0.2, 0) is 0 Å². The minimum Gasteiger partial charge on any atom is -0.406 e. The Hall–Kier alpha value is -3.96. The second kappa shape index (κ2) is 10.8. The first-order valence-corrected chi connectivity index (χ1v) is 10.8. The quantitative estimate of drug-likeness (QED) is 0.114. The lowest BCUT2D eigenvalue weighted by Crippen LogP contribution is -2.17. The molecule has 7 nitrogen and oxygen atoms in total. The van der Waals surface area contributed by atoms with Crippen molar-refractivity contribution in [1.29, 1.82) is 0 Å². The number of halogens is 6. The van der Waals surface area contributed by atoms with Crippen molar-refractivity contribution in [2.24, 2.45) is 5.10 Å². The van der Waals surface area contributed by atoms with Crippen molar-refractivity contribution in [3.8, 4) is 17.0 Å². The zero-order valence-electron chi connectivity index (χ0n) is 17.9. The van der Waals surface area contributed by atoms with Crippen LogP contribution in [0.2, 0.25) is 10.2 Å². The van der Waals surface area contributed by atoms with Crippen LogP contribution in [-0.4, -0.2) is 27.5 Å². The molecule has 0 saturated carbocycles. The Balaban J connectivity index is 1.60. The first-order valence-electron chi connectivity index (χ1n) is 10.0. The van der Waals surface area contributed by atoms with Crippen LogP contribution in [0.15, 0.2) is 72.0 Å².